The number of nitrogens with zero attached hydrogens (tertiary/aromatic N) is 1. The van der Waals surface area contributed by atoms with Crippen LogP contribution in [0.5, 0.6) is 0 Å². The summed E-state index contributed by atoms with van der Waals surface area (Å²) in [6.45, 7) is -0.485. The molecule has 0 heterocycles. The smallest absolute Gasteiger partial charge is 0.676 e. The zero-order valence-electron chi connectivity index (χ0n) is 19.9. The molecule has 4 N–H and O–H groups in total. The number of aliphatic carboxylic acids is 5. The van der Waals surface area contributed by atoms with Crippen LogP contribution in [0, 0.1) is 0 Å². The van der Waals surface area contributed by atoms with E-state index in [1.807, 2.05) is 0 Å². The molecule has 34 heavy (non-hydrogen) atoms. The molecule has 0 unspecified atom stereocenters. The first-order valence-corrected chi connectivity index (χ1v) is 7.52. The number of hydrogen-bond donors (Lipinski definition) is 1. The average Bonchev–Trinajstić information content (AvgIpc) is 2.50. The van der Waals surface area contributed by atoms with Gasteiger partial charge in [0.15, 0.2) is 0 Å². The van der Waals surface area contributed by atoms with E-state index >= 15 is 0 Å². The van der Waals surface area contributed by atoms with E-state index in [1.54, 1.807) is 0 Å². The first kappa shape index (κ1) is 56.8. The molecule has 0 atom stereocenters. The van der Waals surface area contributed by atoms with Crippen LogP contribution in [0.4, 0.5) is 0 Å². The quantitative estimate of drug-likeness (QED) is 0.202. The van der Waals surface area contributed by atoms with Crippen molar-refractivity contribution in [2.75, 3.05) is 19.6 Å². The number of carboxylic acids is 5. The van der Waals surface area contributed by atoms with Gasteiger partial charge in [-0.15, -0.1) is 24.2 Å². The van der Waals surface area contributed by atoms with Crippen molar-refractivity contribution in [3.63, 3.8) is 0 Å². The number of carboxylic acid groups (broad SMARTS) is 5. The maximum Gasteiger partial charge on any atom is 3.00 e. The molecule has 167 valence electrons. The van der Waals surface area contributed by atoms with Gasteiger partial charge in [-0.05, 0) is 32.2 Å². The molecular formula is C14H18FeN4Na5O10. The fourth-order valence-corrected chi connectivity index (χ4v) is 2.24. The van der Waals surface area contributed by atoms with Gasteiger partial charge in [0.2, 0.25) is 0 Å². The molecule has 14 nitrogen and oxygen atoms in total. The van der Waals surface area contributed by atoms with Crippen molar-refractivity contribution in [2.24, 2.45) is 5.73 Å². The number of carbonyl (C=O) groups is 5. The summed E-state index contributed by atoms with van der Waals surface area (Å²) >= 11 is 0. The molecule has 0 saturated heterocycles. The van der Waals surface area contributed by atoms with Crippen LogP contribution in [0.25, 0.3) is 16.8 Å². The van der Waals surface area contributed by atoms with Gasteiger partial charge in [0.05, 0.1) is 0 Å². The van der Waals surface area contributed by atoms with Crippen LogP contribution in [0.2, 0.25) is 0 Å². The summed E-state index contributed by atoms with van der Waals surface area (Å²) in [6.07, 6.45) is -5.81. The molecule has 0 aromatic heterocycles. The van der Waals surface area contributed by atoms with Crippen LogP contribution in [0.1, 0.15) is 25.7 Å². The molecule has 0 fully saturated rings. The third-order valence-electron chi connectivity index (χ3n) is 3.31. The molecule has 1 radical (unpaired) electrons. The number of rotatable bonds is 13. The van der Waals surface area contributed by atoms with Gasteiger partial charge in [0.25, 0.3) is 0 Å². The molecule has 0 aliphatic rings. The topological polar surface area (TPSA) is 288 Å². The van der Waals surface area contributed by atoms with E-state index < -0.39 is 73.2 Å². The molecule has 0 amide bonds. The fraction of sp³-hybridized carbons (Fsp3) is 0.643. The summed E-state index contributed by atoms with van der Waals surface area (Å²) in [5.41, 5.74) is 13.4. The van der Waals surface area contributed by atoms with E-state index in [1.165, 1.54) is 0 Å². The van der Waals surface area contributed by atoms with Gasteiger partial charge >= 0.3 is 165 Å². The zero-order chi connectivity index (χ0) is 22.5. The van der Waals surface area contributed by atoms with Gasteiger partial charge in [-0.2, -0.15) is 0 Å². The molecule has 0 aliphatic carbocycles. The van der Waals surface area contributed by atoms with Crippen molar-refractivity contribution in [2.45, 2.75) is 36.8 Å². The Morgan fingerprint density at radius 1 is 0.676 bits per heavy atom. The minimum atomic E-state index is -2.92. The van der Waals surface area contributed by atoms with E-state index in [-0.39, 0.29) is 165 Å². The molecule has 0 aromatic rings. The van der Waals surface area contributed by atoms with Crippen molar-refractivity contribution in [1.82, 2.24) is 0 Å². The summed E-state index contributed by atoms with van der Waals surface area (Å²) in [5, 5.41) is 57.2. The maximum atomic E-state index is 10.9. The molecular weight excluding hydrogens is 555 g/mol. The van der Waals surface area contributed by atoms with Crippen molar-refractivity contribution in [1.29, 1.82) is 0 Å². The predicted molar refractivity (Wildman–Crippen MR) is 79.8 cm³/mol. The summed E-state index contributed by atoms with van der Waals surface area (Å²) in [6, 6.07) is 0. The Hall–Kier alpha value is 2.71. The third kappa shape index (κ3) is 26.3. The predicted octanol–water partition coefficient (Wildman–Crippen LogP) is -21.8. The van der Waals surface area contributed by atoms with Crippen LogP contribution in [0.15, 0.2) is 0 Å². The molecule has 0 aliphatic heterocycles. The normalized spacial score (nSPS) is 9.15. The van der Waals surface area contributed by atoms with Crippen LogP contribution >= 0.6 is 0 Å². The van der Waals surface area contributed by atoms with Crippen molar-refractivity contribution >= 4 is 29.8 Å². The fourth-order valence-electron chi connectivity index (χ4n) is 2.24. The SMILES string of the molecule is [Fe+3].[NH-]C(CC(=O)[O-])(CC(=O)[O-])C(CC(=O)[O-])(CC(=O)[O-])[N-]CC(=O)[O-].[NH-]CCN.[Na+].[Na+].[Na+].[Na+].[Na+]. The van der Waals surface area contributed by atoms with Crippen LogP contribution < -0.4 is 179 Å². The Labute approximate surface area is 318 Å². The van der Waals surface area contributed by atoms with E-state index in [0.29, 0.717) is 13.1 Å². The number of nitrogens with one attached hydrogen (secondary N) is 2. The Morgan fingerprint density at radius 3 is 1.12 bits per heavy atom. The van der Waals surface area contributed by atoms with E-state index in [0.717, 1.165) is 0 Å². The molecule has 0 saturated carbocycles. The van der Waals surface area contributed by atoms with Gasteiger partial charge in [-0.25, -0.2) is 0 Å². The van der Waals surface area contributed by atoms with Gasteiger partial charge in [0.1, 0.15) is 0 Å². The van der Waals surface area contributed by atoms with Crippen LogP contribution in [-0.4, -0.2) is 60.6 Å². The molecule has 0 spiro atoms. The number of carbonyl (C=O) groups excluding carboxylic acids is 5. The molecule has 20 heteroatoms. The van der Waals surface area contributed by atoms with Crippen molar-refractivity contribution in [3.8, 4) is 0 Å². The third-order valence-corrected chi connectivity index (χ3v) is 3.31. The van der Waals surface area contributed by atoms with Crippen LogP contribution in [0.3, 0.4) is 0 Å². The molecule has 0 aromatic carbocycles. The Bertz CT molecular complexity index is 573. The van der Waals surface area contributed by atoms with Gasteiger partial charge < -0.3 is 72.0 Å². The minimum absolute atomic E-state index is 0. The first-order chi connectivity index (χ1) is 12.7. The van der Waals surface area contributed by atoms with Crippen molar-refractivity contribution < 1.29 is 214 Å². The Balaban J connectivity index is -0.000000104. The second kappa shape index (κ2) is 30.3. The maximum absolute atomic E-state index is 10.9. The Morgan fingerprint density at radius 2 is 0.941 bits per heavy atom. The van der Waals surface area contributed by atoms with E-state index in [2.05, 4.69) is 5.32 Å². The van der Waals surface area contributed by atoms with Gasteiger partial charge in [-0.1, -0.05) is 0 Å². The second-order valence-electron chi connectivity index (χ2n) is 5.54. The summed E-state index contributed by atoms with van der Waals surface area (Å²) in [5.74, 6) is -9.98. The minimum Gasteiger partial charge on any atom is -0.676 e. The van der Waals surface area contributed by atoms with Gasteiger partial charge in [0, 0.05) is 29.8 Å². The summed E-state index contributed by atoms with van der Waals surface area (Å²) < 4.78 is 0. The van der Waals surface area contributed by atoms with Crippen molar-refractivity contribution in [3.05, 3.63) is 16.8 Å². The summed E-state index contributed by atoms with van der Waals surface area (Å²) in [7, 11) is 0. The standard InChI is InChI=1S/C12H16N2O10.C2H7N2.Fe.5Na/c13-11(1-6(15)16,2-7(17)18)12(3-8(19)20,4-9(21)22)14-5-10(23)24;3-1-2-4;;;;;;/h13H,1-5H2,(H,15,16)(H,17,18)(H,19,20)(H,21,22)(H,23,24);3H,1-2,4H2;;;;;;/q-2;-1;+3;5*+1/p-5. The zero-order valence-corrected chi connectivity index (χ0v) is 31.0. The molecule has 0 rings (SSSR count). The number of hydrogen-bond acceptors (Lipinski definition) is 11. The average molecular weight is 573 g/mol. The van der Waals surface area contributed by atoms with E-state index in [4.69, 9.17) is 17.2 Å². The first-order valence-electron chi connectivity index (χ1n) is 7.52. The largest absolute Gasteiger partial charge is 3.00 e. The van der Waals surface area contributed by atoms with Crippen LogP contribution in [-0.2, 0) is 41.0 Å². The monoisotopic (exact) mass is 573 g/mol. The number of nitrogens with two attached hydrogens (primary N) is 1. The Kier molecular flexibility index (Phi) is 50.5. The van der Waals surface area contributed by atoms with Gasteiger partial charge in [-0.3, -0.25) is 0 Å². The summed E-state index contributed by atoms with van der Waals surface area (Å²) in [4.78, 5) is 54.0. The molecule has 0 bridgehead atoms. The van der Waals surface area contributed by atoms with E-state index in [9.17, 15) is 49.5 Å². The second-order valence-corrected chi connectivity index (χ2v) is 5.54.